The van der Waals surface area contributed by atoms with Crippen molar-refractivity contribution in [3.05, 3.63) is 107 Å². The summed E-state index contributed by atoms with van der Waals surface area (Å²) in [5, 5.41) is 2.85. The Balaban J connectivity index is 1.42. The number of nitrogens with one attached hydrogen (secondary N) is 1. The SMILES string of the molecule is COC(=O)[C@]12C[C@H](CC(=O)NCc3ccc(C)o3)C(=O)N(Cc3ccccc3)C1=C[C@H](COCc1ccccc1)O[C@@H]2C. The van der Waals surface area contributed by atoms with Crippen LogP contribution in [0.1, 0.15) is 42.4 Å². The third-order valence-corrected chi connectivity index (χ3v) is 8.16. The second kappa shape index (κ2) is 13.4. The molecule has 2 aliphatic heterocycles. The highest BCUT2D eigenvalue weighted by molar-refractivity contribution is 5.92. The minimum atomic E-state index is -1.28. The van der Waals surface area contributed by atoms with Gasteiger partial charge in [-0.2, -0.15) is 0 Å². The smallest absolute Gasteiger partial charge is 0.320 e. The van der Waals surface area contributed by atoms with Crippen LogP contribution in [-0.4, -0.2) is 48.6 Å². The number of benzene rings is 2. The number of rotatable bonds is 11. The predicted molar refractivity (Wildman–Crippen MR) is 158 cm³/mol. The molecule has 1 fully saturated rings. The molecule has 3 heterocycles. The molecule has 226 valence electrons. The standard InChI is InChI=1S/C34H38N2O7/c1-23-14-15-28(42-23)19-35-31(37)16-27-18-34(33(39)40-3)24(2)43-29(22-41-21-26-12-8-5-9-13-26)17-30(34)36(32(27)38)20-25-10-6-4-7-11-25/h4-15,17,24,27,29H,16,18-22H2,1-3H3,(H,35,37)/t24-,27+,29-,34+/m1/s1. The molecule has 5 rings (SSSR count). The highest BCUT2D eigenvalue weighted by atomic mass is 16.6. The van der Waals surface area contributed by atoms with Gasteiger partial charge in [0.15, 0.2) is 0 Å². The van der Waals surface area contributed by atoms with Gasteiger partial charge < -0.3 is 28.8 Å². The lowest BCUT2D eigenvalue weighted by molar-refractivity contribution is -0.178. The zero-order chi connectivity index (χ0) is 30.4. The van der Waals surface area contributed by atoms with Crippen molar-refractivity contribution in [1.82, 2.24) is 10.2 Å². The van der Waals surface area contributed by atoms with Crippen LogP contribution >= 0.6 is 0 Å². The summed E-state index contributed by atoms with van der Waals surface area (Å²) in [7, 11) is 1.33. The van der Waals surface area contributed by atoms with Crippen LogP contribution in [-0.2, 0) is 48.3 Å². The Morgan fingerprint density at radius 2 is 1.72 bits per heavy atom. The number of piperidine rings is 1. The van der Waals surface area contributed by atoms with Gasteiger partial charge in [0.25, 0.3) is 0 Å². The van der Waals surface area contributed by atoms with Crippen molar-refractivity contribution >= 4 is 17.8 Å². The van der Waals surface area contributed by atoms with E-state index in [1.165, 1.54) is 7.11 Å². The Labute approximate surface area is 251 Å². The minimum Gasteiger partial charge on any atom is -0.468 e. The summed E-state index contributed by atoms with van der Waals surface area (Å²) < 4.78 is 23.2. The summed E-state index contributed by atoms with van der Waals surface area (Å²) in [6.07, 6.45) is 0.675. The lowest BCUT2D eigenvalue weighted by atomic mass is 9.66. The molecule has 43 heavy (non-hydrogen) atoms. The quantitative estimate of drug-likeness (QED) is 0.325. The first-order chi connectivity index (χ1) is 20.8. The molecule has 1 saturated heterocycles. The van der Waals surface area contributed by atoms with Gasteiger partial charge >= 0.3 is 5.97 Å². The molecule has 4 atom stereocenters. The molecular formula is C34H38N2O7. The lowest BCUT2D eigenvalue weighted by Crippen LogP contribution is -2.60. The van der Waals surface area contributed by atoms with Crippen molar-refractivity contribution < 1.29 is 33.0 Å². The van der Waals surface area contributed by atoms with Gasteiger partial charge in [-0.25, -0.2) is 0 Å². The molecule has 0 radical (unpaired) electrons. The largest absolute Gasteiger partial charge is 0.468 e. The highest BCUT2D eigenvalue weighted by Gasteiger charge is 2.59. The van der Waals surface area contributed by atoms with Gasteiger partial charge in [-0.15, -0.1) is 0 Å². The van der Waals surface area contributed by atoms with E-state index in [4.69, 9.17) is 18.6 Å². The average molecular weight is 587 g/mol. The third-order valence-electron chi connectivity index (χ3n) is 8.16. The molecule has 0 saturated carbocycles. The van der Waals surface area contributed by atoms with Gasteiger partial charge in [0, 0.05) is 18.0 Å². The van der Waals surface area contributed by atoms with Gasteiger partial charge in [0.1, 0.15) is 23.0 Å². The number of methoxy groups -OCH3 is 1. The molecule has 1 aromatic heterocycles. The van der Waals surface area contributed by atoms with E-state index < -0.39 is 29.5 Å². The van der Waals surface area contributed by atoms with Crippen LogP contribution in [0.25, 0.3) is 0 Å². The number of amides is 2. The topological polar surface area (TPSA) is 107 Å². The number of furan rings is 1. The molecule has 0 aliphatic carbocycles. The third kappa shape index (κ3) is 6.73. The molecule has 2 aromatic carbocycles. The van der Waals surface area contributed by atoms with E-state index in [1.807, 2.05) is 86.7 Å². The molecule has 0 bridgehead atoms. The van der Waals surface area contributed by atoms with E-state index in [2.05, 4.69) is 5.32 Å². The zero-order valence-corrected chi connectivity index (χ0v) is 24.8. The van der Waals surface area contributed by atoms with Gasteiger partial charge in [-0.3, -0.25) is 14.4 Å². The Kier molecular flexibility index (Phi) is 9.43. The van der Waals surface area contributed by atoms with Crippen molar-refractivity contribution in [1.29, 1.82) is 0 Å². The van der Waals surface area contributed by atoms with E-state index in [0.717, 1.165) is 16.9 Å². The van der Waals surface area contributed by atoms with E-state index >= 15 is 0 Å². The van der Waals surface area contributed by atoms with Crippen LogP contribution in [0.5, 0.6) is 0 Å². The van der Waals surface area contributed by atoms with E-state index in [1.54, 1.807) is 11.0 Å². The number of likely N-dealkylation sites (tertiary alicyclic amines) is 1. The first-order valence-electron chi connectivity index (χ1n) is 14.6. The van der Waals surface area contributed by atoms with Gasteiger partial charge in [0.2, 0.25) is 11.8 Å². The number of carbonyl (C=O) groups is 3. The summed E-state index contributed by atoms with van der Waals surface area (Å²) in [5.41, 5.74) is 1.17. The number of hydrogen-bond acceptors (Lipinski definition) is 7. The van der Waals surface area contributed by atoms with Crippen molar-refractivity contribution in [3.63, 3.8) is 0 Å². The first-order valence-corrected chi connectivity index (χ1v) is 14.6. The Hall–Kier alpha value is -4.21. The van der Waals surface area contributed by atoms with E-state index in [9.17, 15) is 14.4 Å². The number of nitrogens with zero attached hydrogens (tertiary/aromatic N) is 1. The monoisotopic (exact) mass is 586 g/mol. The molecule has 0 unspecified atom stereocenters. The molecule has 2 amide bonds. The van der Waals surface area contributed by atoms with Crippen LogP contribution in [0.2, 0.25) is 0 Å². The molecule has 2 aliphatic rings. The number of aryl methyl sites for hydroxylation is 1. The van der Waals surface area contributed by atoms with Crippen LogP contribution in [0.4, 0.5) is 0 Å². The second-order valence-electron chi connectivity index (χ2n) is 11.1. The predicted octanol–water partition coefficient (Wildman–Crippen LogP) is 4.69. The van der Waals surface area contributed by atoms with Gasteiger partial charge in [0.05, 0.1) is 39.5 Å². The molecular weight excluding hydrogens is 548 g/mol. The maximum atomic E-state index is 14.1. The van der Waals surface area contributed by atoms with Crippen LogP contribution in [0.15, 0.2) is 89.0 Å². The Bertz CT molecular complexity index is 1450. The second-order valence-corrected chi connectivity index (χ2v) is 11.1. The summed E-state index contributed by atoms with van der Waals surface area (Å²) in [6, 6.07) is 23.0. The normalized spacial score (nSPS) is 23.3. The fourth-order valence-corrected chi connectivity index (χ4v) is 6.01. The van der Waals surface area contributed by atoms with E-state index in [0.29, 0.717) is 18.1 Å². The van der Waals surface area contributed by atoms with Crippen molar-refractivity contribution in [2.75, 3.05) is 13.7 Å². The highest BCUT2D eigenvalue weighted by Crippen LogP contribution is 2.50. The van der Waals surface area contributed by atoms with Crippen LogP contribution < -0.4 is 5.32 Å². The fraction of sp³-hybridized carbons (Fsp3) is 0.382. The maximum Gasteiger partial charge on any atom is 0.320 e. The molecule has 0 spiro atoms. The molecule has 9 heteroatoms. The number of hydrogen-bond donors (Lipinski definition) is 1. The number of fused-ring (bicyclic) bond motifs is 1. The maximum absolute atomic E-state index is 14.1. The molecule has 1 N–H and O–H groups in total. The Morgan fingerprint density at radius 3 is 2.37 bits per heavy atom. The number of esters is 1. The van der Waals surface area contributed by atoms with Gasteiger partial charge in [-0.05, 0) is 49.6 Å². The van der Waals surface area contributed by atoms with E-state index in [-0.39, 0.29) is 44.4 Å². The van der Waals surface area contributed by atoms with Crippen molar-refractivity contribution in [3.8, 4) is 0 Å². The average Bonchev–Trinajstić information content (AvgIpc) is 3.44. The van der Waals surface area contributed by atoms with Crippen molar-refractivity contribution in [2.45, 2.75) is 58.6 Å². The van der Waals surface area contributed by atoms with Crippen LogP contribution in [0, 0.1) is 18.3 Å². The molecule has 9 nitrogen and oxygen atoms in total. The lowest BCUT2D eigenvalue weighted by Gasteiger charge is -2.51. The summed E-state index contributed by atoms with van der Waals surface area (Å²) >= 11 is 0. The number of carbonyl (C=O) groups excluding carboxylic acids is 3. The summed E-state index contributed by atoms with van der Waals surface area (Å²) in [6.45, 7) is 4.74. The number of ether oxygens (including phenoxy) is 3. The summed E-state index contributed by atoms with van der Waals surface area (Å²) in [4.78, 5) is 42.5. The fourth-order valence-electron chi connectivity index (χ4n) is 6.01. The van der Waals surface area contributed by atoms with Crippen LogP contribution in [0.3, 0.4) is 0 Å². The summed E-state index contributed by atoms with van der Waals surface area (Å²) in [5.74, 6) is -0.435. The zero-order valence-electron chi connectivity index (χ0n) is 24.8. The minimum absolute atomic E-state index is 0.0850. The first kappa shape index (κ1) is 30.3. The molecule has 3 aromatic rings. The van der Waals surface area contributed by atoms with Gasteiger partial charge in [-0.1, -0.05) is 60.7 Å². The Morgan fingerprint density at radius 1 is 1.02 bits per heavy atom. The van der Waals surface area contributed by atoms with Crippen molar-refractivity contribution in [2.24, 2.45) is 11.3 Å².